The average Bonchev–Trinajstić information content (AvgIpc) is 3.38. The van der Waals surface area contributed by atoms with E-state index >= 15 is 0 Å². The van der Waals surface area contributed by atoms with E-state index in [0.29, 0.717) is 0 Å². The molecule has 0 radical (unpaired) electrons. The highest BCUT2D eigenvalue weighted by Crippen LogP contribution is 2.49. The van der Waals surface area contributed by atoms with Gasteiger partial charge in [-0.2, -0.15) is 0 Å². The Balaban J connectivity index is 1.56. The second kappa shape index (κ2) is 5.52. The van der Waals surface area contributed by atoms with E-state index in [4.69, 9.17) is 0 Å². The number of fused-ring (bicyclic) bond motifs is 1. The predicted molar refractivity (Wildman–Crippen MR) is 92.4 cm³/mol. The molecule has 0 aromatic heterocycles. The van der Waals surface area contributed by atoms with Gasteiger partial charge in [0.15, 0.2) is 0 Å². The molecule has 2 aromatic carbocycles. The number of amides is 1. The fourth-order valence-electron chi connectivity index (χ4n) is 3.84. The Bertz CT molecular complexity index is 728. The van der Waals surface area contributed by atoms with E-state index in [1.165, 1.54) is 22.3 Å². The highest BCUT2D eigenvalue weighted by molar-refractivity contribution is 5.91. The number of carbonyl (C=O) groups excluding carboxylic acids is 1. The van der Waals surface area contributed by atoms with Crippen molar-refractivity contribution in [2.75, 3.05) is 0 Å². The summed E-state index contributed by atoms with van der Waals surface area (Å²) in [5.41, 5.74) is 4.84. The molecule has 0 aliphatic heterocycles. The molecule has 1 saturated carbocycles. The minimum atomic E-state index is -0.278. The van der Waals surface area contributed by atoms with Gasteiger partial charge in [-0.05, 0) is 55.7 Å². The summed E-state index contributed by atoms with van der Waals surface area (Å²) in [6, 6.07) is 17.2. The Morgan fingerprint density at radius 2 is 1.83 bits per heavy atom. The van der Waals surface area contributed by atoms with E-state index in [2.05, 4.69) is 60.8 Å². The first-order chi connectivity index (χ1) is 11.2. The van der Waals surface area contributed by atoms with Crippen LogP contribution in [0, 0.1) is 6.92 Å². The van der Waals surface area contributed by atoms with Gasteiger partial charge in [-0.3, -0.25) is 4.79 Å². The number of benzene rings is 2. The fourth-order valence-corrected chi connectivity index (χ4v) is 3.84. The Hall–Kier alpha value is -2.09. The van der Waals surface area contributed by atoms with E-state index in [1.54, 1.807) is 0 Å². The SMILES string of the molecule is Cc1ccc(C2(C(=O)NC3CCCc4ccccc43)CC2)cc1. The number of hydrogen-bond acceptors (Lipinski definition) is 1. The lowest BCUT2D eigenvalue weighted by Crippen LogP contribution is -2.38. The molecule has 0 saturated heterocycles. The summed E-state index contributed by atoms with van der Waals surface area (Å²) in [5.74, 6) is 0.211. The van der Waals surface area contributed by atoms with E-state index in [0.717, 1.165) is 32.1 Å². The van der Waals surface area contributed by atoms with Crippen molar-refractivity contribution >= 4 is 5.91 Å². The zero-order valence-electron chi connectivity index (χ0n) is 13.6. The van der Waals surface area contributed by atoms with E-state index in [1.807, 2.05) is 0 Å². The molecule has 2 aliphatic carbocycles. The molecule has 0 bridgehead atoms. The summed E-state index contributed by atoms with van der Waals surface area (Å²) < 4.78 is 0. The zero-order chi connectivity index (χ0) is 15.9. The summed E-state index contributed by atoms with van der Waals surface area (Å²) in [6.45, 7) is 2.09. The molecule has 2 nitrogen and oxygen atoms in total. The third kappa shape index (κ3) is 2.56. The van der Waals surface area contributed by atoms with Crippen molar-refractivity contribution in [2.24, 2.45) is 0 Å². The van der Waals surface area contributed by atoms with Gasteiger partial charge in [-0.1, -0.05) is 54.1 Å². The van der Waals surface area contributed by atoms with Gasteiger partial charge in [0.05, 0.1) is 11.5 Å². The molecule has 23 heavy (non-hydrogen) atoms. The largest absolute Gasteiger partial charge is 0.349 e. The van der Waals surface area contributed by atoms with Crippen molar-refractivity contribution in [3.05, 3.63) is 70.8 Å². The number of rotatable bonds is 3. The summed E-state index contributed by atoms with van der Waals surface area (Å²) in [7, 11) is 0. The molecular formula is C21H23NO. The van der Waals surface area contributed by atoms with Gasteiger partial charge in [0.1, 0.15) is 0 Å². The van der Waals surface area contributed by atoms with Crippen molar-refractivity contribution in [3.8, 4) is 0 Å². The molecule has 4 rings (SSSR count). The van der Waals surface area contributed by atoms with Crippen LogP contribution in [0.1, 0.15) is 54.0 Å². The van der Waals surface area contributed by atoms with Gasteiger partial charge in [0.25, 0.3) is 0 Å². The van der Waals surface area contributed by atoms with Crippen molar-refractivity contribution in [3.63, 3.8) is 0 Å². The maximum Gasteiger partial charge on any atom is 0.231 e. The van der Waals surface area contributed by atoms with E-state index < -0.39 is 0 Å². The summed E-state index contributed by atoms with van der Waals surface area (Å²) in [6.07, 6.45) is 5.27. The fraction of sp³-hybridized carbons (Fsp3) is 0.381. The molecule has 1 unspecified atom stereocenters. The first-order valence-corrected chi connectivity index (χ1v) is 8.65. The van der Waals surface area contributed by atoms with Crippen LogP contribution in [0.15, 0.2) is 48.5 Å². The smallest absolute Gasteiger partial charge is 0.231 e. The quantitative estimate of drug-likeness (QED) is 0.904. The van der Waals surface area contributed by atoms with Crippen LogP contribution in [0.3, 0.4) is 0 Å². The van der Waals surface area contributed by atoms with Gasteiger partial charge in [0, 0.05) is 0 Å². The first-order valence-electron chi connectivity index (χ1n) is 8.65. The van der Waals surface area contributed by atoms with Crippen molar-refractivity contribution < 1.29 is 4.79 Å². The Kier molecular flexibility index (Phi) is 3.48. The van der Waals surface area contributed by atoms with Crippen molar-refractivity contribution in [1.82, 2.24) is 5.32 Å². The number of carbonyl (C=O) groups is 1. The monoisotopic (exact) mass is 305 g/mol. The lowest BCUT2D eigenvalue weighted by Gasteiger charge is -2.28. The van der Waals surface area contributed by atoms with Gasteiger partial charge in [-0.15, -0.1) is 0 Å². The maximum atomic E-state index is 13.0. The third-order valence-corrected chi connectivity index (χ3v) is 5.46. The third-order valence-electron chi connectivity index (χ3n) is 5.46. The van der Waals surface area contributed by atoms with Crippen LogP contribution in [0.2, 0.25) is 0 Å². The topological polar surface area (TPSA) is 29.1 Å². The standard InChI is InChI=1S/C21H23NO/c1-15-9-11-17(12-10-15)21(13-14-21)20(23)22-19-8-4-6-16-5-2-3-7-18(16)19/h2-3,5,7,9-12,19H,4,6,8,13-14H2,1H3,(H,22,23). The van der Waals surface area contributed by atoms with Crippen LogP contribution >= 0.6 is 0 Å². The Labute approximate surface area is 137 Å². The number of nitrogens with one attached hydrogen (secondary N) is 1. The van der Waals surface area contributed by atoms with E-state index in [-0.39, 0.29) is 17.4 Å². The van der Waals surface area contributed by atoms with Gasteiger partial charge < -0.3 is 5.32 Å². The second-order valence-corrected chi connectivity index (χ2v) is 7.07. The lowest BCUT2D eigenvalue weighted by molar-refractivity contribution is -0.124. The molecule has 1 fully saturated rings. The van der Waals surface area contributed by atoms with Crippen LogP contribution < -0.4 is 5.32 Å². The summed E-state index contributed by atoms with van der Waals surface area (Å²) in [5, 5.41) is 3.35. The van der Waals surface area contributed by atoms with Gasteiger partial charge in [0.2, 0.25) is 5.91 Å². The van der Waals surface area contributed by atoms with Crippen LogP contribution in [0.5, 0.6) is 0 Å². The molecule has 2 aliphatic rings. The molecule has 2 heteroatoms. The molecule has 1 amide bonds. The summed E-state index contributed by atoms with van der Waals surface area (Å²) in [4.78, 5) is 13.0. The average molecular weight is 305 g/mol. The highest BCUT2D eigenvalue weighted by Gasteiger charge is 2.51. The minimum absolute atomic E-state index is 0.176. The molecule has 1 N–H and O–H groups in total. The maximum absolute atomic E-state index is 13.0. The van der Waals surface area contributed by atoms with Crippen molar-refractivity contribution in [1.29, 1.82) is 0 Å². The minimum Gasteiger partial charge on any atom is -0.349 e. The first kappa shape index (κ1) is 14.5. The number of aryl methyl sites for hydroxylation is 2. The number of hydrogen-bond donors (Lipinski definition) is 1. The van der Waals surface area contributed by atoms with E-state index in [9.17, 15) is 4.79 Å². The van der Waals surface area contributed by atoms with Crippen LogP contribution in [0.25, 0.3) is 0 Å². The molecular weight excluding hydrogens is 282 g/mol. The van der Waals surface area contributed by atoms with Crippen LogP contribution in [-0.2, 0) is 16.6 Å². The zero-order valence-corrected chi connectivity index (χ0v) is 13.6. The van der Waals surface area contributed by atoms with Gasteiger partial charge in [-0.25, -0.2) is 0 Å². The lowest BCUT2D eigenvalue weighted by atomic mass is 9.86. The highest BCUT2D eigenvalue weighted by atomic mass is 16.2. The predicted octanol–water partition coefficient (Wildman–Crippen LogP) is 4.22. The molecule has 118 valence electrons. The van der Waals surface area contributed by atoms with Crippen molar-refractivity contribution in [2.45, 2.75) is 50.5 Å². The molecule has 1 atom stereocenters. The summed E-state index contributed by atoms with van der Waals surface area (Å²) >= 11 is 0. The molecule has 0 heterocycles. The molecule has 2 aromatic rings. The molecule has 0 spiro atoms. The van der Waals surface area contributed by atoms with Crippen LogP contribution in [-0.4, -0.2) is 5.91 Å². The normalized spacial score (nSPS) is 21.3. The van der Waals surface area contributed by atoms with Crippen LogP contribution in [0.4, 0.5) is 0 Å². The Morgan fingerprint density at radius 1 is 1.09 bits per heavy atom. The Morgan fingerprint density at radius 3 is 2.57 bits per heavy atom. The second-order valence-electron chi connectivity index (χ2n) is 7.07. The van der Waals surface area contributed by atoms with Gasteiger partial charge >= 0.3 is 0 Å².